The largest absolute Gasteiger partial charge is 0.393 e. The Hall–Kier alpha value is -1.01. The van der Waals surface area contributed by atoms with Crippen LogP contribution < -0.4 is 11.1 Å². The summed E-state index contributed by atoms with van der Waals surface area (Å²) in [5, 5.41) is 3.51. The summed E-state index contributed by atoms with van der Waals surface area (Å²) in [6.45, 7) is 3.87. The maximum atomic E-state index is 12.1. The van der Waals surface area contributed by atoms with Crippen LogP contribution in [0.2, 0.25) is 0 Å². The first-order valence-electron chi connectivity index (χ1n) is 6.07. The molecule has 4 nitrogen and oxygen atoms in total. The number of anilines is 1. The Morgan fingerprint density at radius 3 is 2.78 bits per heavy atom. The molecule has 0 aliphatic heterocycles. The van der Waals surface area contributed by atoms with Crippen LogP contribution in [-0.4, -0.2) is 15.9 Å². The topological polar surface area (TPSA) is 68.0 Å². The molecule has 3 N–H and O–H groups in total. The van der Waals surface area contributed by atoms with E-state index in [4.69, 9.17) is 18.0 Å². The Bertz CT molecular complexity index is 460. The lowest BCUT2D eigenvalue weighted by Gasteiger charge is -2.17. The van der Waals surface area contributed by atoms with Gasteiger partial charge in [0.1, 0.15) is 0 Å². The van der Waals surface area contributed by atoms with Gasteiger partial charge in [0, 0.05) is 4.88 Å². The minimum absolute atomic E-state index is 0.0920. The van der Waals surface area contributed by atoms with Crippen molar-refractivity contribution in [1.29, 1.82) is 0 Å². The van der Waals surface area contributed by atoms with Crippen LogP contribution in [0.3, 0.4) is 0 Å². The molecule has 0 saturated carbocycles. The maximum Gasteiger partial charge on any atom is 0.236 e. The fraction of sp³-hybridized carbons (Fsp3) is 0.583. The van der Waals surface area contributed by atoms with E-state index in [2.05, 4.69) is 10.3 Å². The Kier molecular flexibility index (Phi) is 3.97. The first-order valence-corrected chi connectivity index (χ1v) is 7.30. The van der Waals surface area contributed by atoms with Crippen molar-refractivity contribution in [3.05, 3.63) is 10.6 Å². The number of fused-ring (bicyclic) bond motifs is 1. The third-order valence-electron chi connectivity index (χ3n) is 3.08. The van der Waals surface area contributed by atoms with Gasteiger partial charge in [-0.1, -0.05) is 26.1 Å². The molecule has 98 valence electrons. The summed E-state index contributed by atoms with van der Waals surface area (Å²) in [5.74, 6) is -0.488. The van der Waals surface area contributed by atoms with Crippen LogP contribution in [-0.2, 0) is 17.6 Å². The lowest BCUT2D eigenvalue weighted by Crippen LogP contribution is -2.36. The van der Waals surface area contributed by atoms with E-state index < -0.39 is 5.92 Å². The second kappa shape index (κ2) is 5.32. The van der Waals surface area contributed by atoms with Gasteiger partial charge >= 0.3 is 0 Å². The Morgan fingerprint density at radius 1 is 1.50 bits per heavy atom. The van der Waals surface area contributed by atoms with Crippen molar-refractivity contribution in [2.75, 3.05) is 5.32 Å². The number of amides is 1. The molecule has 0 radical (unpaired) electrons. The summed E-state index contributed by atoms with van der Waals surface area (Å²) in [6.07, 6.45) is 3.26. The van der Waals surface area contributed by atoms with Crippen LogP contribution >= 0.6 is 23.6 Å². The summed E-state index contributed by atoms with van der Waals surface area (Å²) in [6, 6.07) is 0. The van der Waals surface area contributed by atoms with Gasteiger partial charge in [0.25, 0.3) is 0 Å². The number of aryl methyl sites for hydroxylation is 2. The quantitative estimate of drug-likeness (QED) is 0.831. The van der Waals surface area contributed by atoms with E-state index in [0.29, 0.717) is 5.13 Å². The van der Waals surface area contributed by atoms with Crippen molar-refractivity contribution in [3.63, 3.8) is 0 Å². The summed E-state index contributed by atoms with van der Waals surface area (Å²) in [7, 11) is 0. The molecule has 1 amide bonds. The van der Waals surface area contributed by atoms with Crippen LogP contribution in [0.1, 0.15) is 30.8 Å². The molecule has 1 aromatic rings. The lowest BCUT2D eigenvalue weighted by atomic mass is 9.95. The molecule has 0 bridgehead atoms. The number of thiocarbonyl (C=S) groups is 1. The highest BCUT2D eigenvalue weighted by molar-refractivity contribution is 7.80. The second-order valence-corrected chi connectivity index (χ2v) is 6.41. The number of hydrogen-bond acceptors (Lipinski definition) is 4. The second-order valence-electron chi connectivity index (χ2n) is 4.86. The van der Waals surface area contributed by atoms with E-state index in [0.717, 1.165) is 18.5 Å². The van der Waals surface area contributed by atoms with Crippen molar-refractivity contribution < 1.29 is 4.79 Å². The van der Waals surface area contributed by atoms with Gasteiger partial charge in [0.05, 0.1) is 16.6 Å². The summed E-state index contributed by atoms with van der Waals surface area (Å²) in [4.78, 5) is 18.1. The molecule has 6 heteroatoms. The number of aromatic nitrogens is 1. The molecular weight excluding hydrogens is 266 g/mol. The van der Waals surface area contributed by atoms with Crippen molar-refractivity contribution in [1.82, 2.24) is 4.98 Å². The van der Waals surface area contributed by atoms with Gasteiger partial charge in [-0.05, 0) is 25.2 Å². The summed E-state index contributed by atoms with van der Waals surface area (Å²) >= 11 is 6.51. The number of nitrogens with one attached hydrogen (secondary N) is 1. The monoisotopic (exact) mass is 283 g/mol. The van der Waals surface area contributed by atoms with Crippen molar-refractivity contribution in [2.24, 2.45) is 17.6 Å². The van der Waals surface area contributed by atoms with E-state index in [-0.39, 0.29) is 16.8 Å². The van der Waals surface area contributed by atoms with E-state index in [1.54, 1.807) is 11.3 Å². The number of nitrogens with two attached hydrogens (primary N) is 1. The molecule has 0 spiro atoms. The smallest absolute Gasteiger partial charge is 0.236 e. The lowest BCUT2D eigenvalue weighted by molar-refractivity contribution is -0.118. The van der Waals surface area contributed by atoms with Gasteiger partial charge in [-0.2, -0.15) is 0 Å². The Morgan fingerprint density at radius 2 is 2.22 bits per heavy atom. The number of carbonyl (C=O) groups excluding carboxylic acids is 1. The van der Waals surface area contributed by atoms with Crippen LogP contribution in [0.5, 0.6) is 0 Å². The van der Waals surface area contributed by atoms with Crippen LogP contribution in [0.4, 0.5) is 5.13 Å². The fourth-order valence-electron chi connectivity index (χ4n) is 2.19. The van der Waals surface area contributed by atoms with Crippen LogP contribution in [0, 0.1) is 11.8 Å². The summed E-state index contributed by atoms with van der Waals surface area (Å²) < 4.78 is 0. The predicted molar refractivity (Wildman–Crippen MR) is 77.9 cm³/mol. The number of hydrogen-bond donors (Lipinski definition) is 2. The zero-order valence-corrected chi connectivity index (χ0v) is 12.2. The minimum atomic E-state index is -0.432. The van der Waals surface area contributed by atoms with E-state index in [1.165, 1.54) is 11.3 Å². The first-order chi connectivity index (χ1) is 8.49. The minimum Gasteiger partial charge on any atom is -0.393 e. The molecule has 1 aliphatic carbocycles. The highest BCUT2D eigenvalue weighted by atomic mass is 32.1. The first kappa shape index (κ1) is 13.4. The van der Waals surface area contributed by atoms with Crippen molar-refractivity contribution >= 4 is 39.6 Å². The number of rotatable bonds is 4. The zero-order valence-electron chi connectivity index (χ0n) is 10.5. The highest BCUT2D eigenvalue weighted by Gasteiger charge is 2.26. The predicted octanol–water partition coefficient (Wildman–Crippen LogP) is 2.13. The molecule has 1 aromatic heterocycles. The number of carbonyl (C=O) groups is 1. The van der Waals surface area contributed by atoms with Gasteiger partial charge in [-0.25, -0.2) is 4.98 Å². The van der Waals surface area contributed by atoms with Gasteiger partial charge in [-0.3, -0.25) is 4.79 Å². The molecule has 1 heterocycles. The van der Waals surface area contributed by atoms with Crippen molar-refractivity contribution in [3.8, 4) is 0 Å². The van der Waals surface area contributed by atoms with Gasteiger partial charge < -0.3 is 11.1 Å². The van der Waals surface area contributed by atoms with E-state index >= 15 is 0 Å². The van der Waals surface area contributed by atoms with Crippen LogP contribution in [0.25, 0.3) is 0 Å². The molecule has 2 rings (SSSR count). The number of thiazole rings is 1. The molecule has 1 atom stereocenters. The molecule has 18 heavy (non-hydrogen) atoms. The van der Waals surface area contributed by atoms with Gasteiger partial charge in [0.15, 0.2) is 5.13 Å². The fourth-order valence-corrected chi connectivity index (χ4v) is 3.62. The molecule has 0 saturated heterocycles. The number of nitrogens with zero attached hydrogens (tertiary/aromatic N) is 1. The molecule has 0 aromatic carbocycles. The average Bonchev–Trinajstić information content (AvgIpc) is 2.75. The van der Waals surface area contributed by atoms with Crippen molar-refractivity contribution in [2.45, 2.75) is 33.1 Å². The van der Waals surface area contributed by atoms with Gasteiger partial charge in [-0.15, -0.1) is 11.3 Å². The van der Waals surface area contributed by atoms with Gasteiger partial charge in [0.2, 0.25) is 5.91 Å². The van der Waals surface area contributed by atoms with E-state index in [1.807, 2.05) is 13.8 Å². The molecule has 1 aliphatic rings. The third-order valence-corrected chi connectivity index (χ3v) is 4.41. The highest BCUT2D eigenvalue weighted by Crippen LogP contribution is 2.30. The third kappa shape index (κ3) is 2.70. The zero-order chi connectivity index (χ0) is 13.3. The maximum absolute atomic E-state index is 12.1. The molecular formula is C12H17N3OS2. The Balaban J connectivity index is 2.08. The van der Waals surface area contributed by atoms with E-state index in [9.17, 15) is 4.79 Å². The molecule has 0 fully saturated rings. The van der Waals surface area contributed by atoms with Crippen LogP contribution in [0.15, 0.2) is 0 Å². The summed E-state index contributed by atoms with van der Waals surface area (Å²) in [5.41, 5.74) is 6.75. The SMILES string of the molecule is CC(C)C(C(=O)Nc1nc2c(s1)CCC2)C(N)=S. The average molecular weight is 283 g/mol. The standard InChI is InChI=1S/C12H17N3OS2/c1-6(2)9(10(13)17)11(16)15-12-14-7-4-3-5-8(7)18-12/h6,9H,3-5H2,1-2H3,(H2,13,17)(H,14,15,16). The normalized spacial score (nSPS) is 15.5. The Labute approximate surface area is 116 Å². The molecule has 1 unspecified atom stereocenters.